The van der Waals surface area contributed by atoms with Gasteiger partial charge in [0.25, 0.3) is 0 Å². The lowest BCUT2D eigenvalue weighted by atomic mass is 10.1. The van der Waals surface area contributed by atoms with E-state index >= 15 is 0 Å². The lowest BCUT2D eigenvalue weighted by Gasteiger charge is -2.29. The number of hydrogen-bond donors (Lipinski definition) is 2. The number of halogens is 2. The highest BCUT2D eigenvalue weighted by Crippen LogP contribution is 2.19. The van der Waals surface area contributed by atoms with E-state index in [2.05, 4.69) is 22.6 Å². The Hall–Kier alpha value is -0.970. The summed E-state index contributed by atoms with van der Waals surface area (Å²) in [4.78, 5) is 14.1. The molecule has 0 atom stereocenters. The zero-order valence-electron chi connectivity index (χ0n) is 12.2. The van der Waals surface area contributed by atoms with Crippen LogP contribution in [0.25, 0.3) is 0 Å². The molecule has 1 fully saturated rings. The number of nitrogens with zero attached hydrogens (tertiary/aromatic N) is 1. The number of urea groups is 1. The molecule has 1 aromatic rings. The minimum atomic E-state index is -0.0994. The molecule has 1 saturated heterocycles. The van der Waals surface area contributed by atoms with Crippen molar-refractivity contribution in [3.63, 3.8) is 0 Å². The van der Waals surface area contributed by atoms with Gasteiger partial charge in [0.2, 0.25) is 0 Å². The molecule has 0 aromatic heterocycles. The topological polar surface area (TPSA) is 44.4 Å². The van der Waals surface area contributed by atoms with Gasteiger partial charge in [0.1, 0.15) is 0 Å². The zero-order valence-corrected chi connectivity index (χ0v) is 13.7. The van der Waals surface area contributed by atoms with Crippen molar-refractivity contribution < 1.29 is 4.79 Å². The molecule has 0 unspecified atom stereocenters. The van der Waals surface area contributed by atoms with Crippen molar-refractivity contribution in [2.75, 3.05) is 26.7 Å². The van der Waals surface area contributed by atoms with Crippen LogP contribution >= 0.6 is 23.2 Å². The van der Waals surface area contributed by atoms with Crippen LogP contribution in [-0.2, 0) is 6.42 Å². The third-order valence-corrected chi connectivity index (χ3v) is 4.11. The van der Waals surface area contributed by atoms with E-state index in [-0.39, 0.29) is 12.1 Å². The van der Waals surface area contributed by atoms with Gasteiger partial charge in [-0.1, -0.05) is 23.2 Å². The smallest absolute Gasteiger partial charge is 0.315 e. The van der Waals surface area contributed by atoms with Gasteiger partial charge in [-0.15, -0.1) is 0 Å². The summed E-state index contributed by atoms with van der Waals surface area (Å²) in [6, 6.07) is 5.61. The average molecular weight is 330 g/mol. The van der Waals surface area contributed by atoms with Gasteiger partial charge in [-0.2, -0.15) is 0 Å². The molecule has 2 N–H and O–H groups in total. The molecule has 0 bridgehead atoms. The van der Waals surface area contributed by atoms with Gasteiger partial charge in [0.15, 0.2) is 0 Å². The summed E-state index contributed by atoms with van der Waals surface area (Å²) in [6.45, 7) is 2.63. The number of likely N-dealkylation sites (tertiary alicyclic amines) is 1. The summed E-state index contributed by atoms with van der Waals surface area (Å²) in [5, 5.41) is 7.14. The first-order chi connectivity index (χ1) is 10.0. The third-order valence-electron chi connectivity index (χ3n) is 3.68. The van der Waals surface area contributed by atoms with Crippen LogP contribution in [0, 0.1) is 0 Å². The number of amides is 2. The van der Waals surface area contributed by atoms with E-state index in [9.17, 15) is 4.79 Å². The first kappa shape index (κ1) is 16.4. The van der Waals surface area contributed by atoms with Crippen LogP contribution in [0.2, 0.25) is 10.0 Å². The number of hydrogen-bond acceptors (Lipinski definition) is 2. The molecule has 2 amide bonds. The predicted molar refractivity (Wildman–Crippen MR) is 87.2 cm³/mol. The van der Waals surface area contributed by atoms with E-state index in [4.69, 9.17) is 23.2 Å². The number of carbonyl (C=O) groups excluding carboxylic acids is 1. The van der Waals surface area contributed by atoms with E-state index in [1.165, 1.54) is 0 Å². The molecule has 0 aliphatic carbocycles. The molecule has 1 aliphatic heterocycles. The van der Waals surface area contributed by atoms with Crippen LogP contribution in [0.5, 0.6) is 0 Å². The predicted octanol–water partition coefficient (Wildman–Crippen LogP) is 2.93. The summed E-state index contributed by atoms with van der Waals surface area (Å²) >= 11 is 11.9. The molecule has 1 aliphatic rings. The second-order valence-electron chi connectivity index (χ2n) is 5.51. The van der Waals surface area contributed by atoms with Crippen molar-refractivity contribution in [2.45, 2.75) is 25.3 Å². The van der Waals surface area contributed by atoms with Gasteiger partial charge < -0.3 is 15.5 Å². The van der Waals surface area contributed by atoms with E-state index in [0.29, 0.717) is 23.0 Å². The van der Waals surface area contributed by atoms with E-state index in [1.54, 1.807) is 6.07 Å². The van der Waals surface area contributed by atoms with Crippen molar-refractivity contribution in [1.29, 1.82) is 0 Å². The maximum Gasteiger partial charge on any atom is 0.315 e. The normalized spacial score (nSPS) is 16.7. The molecule has 21 heavy (non-hydrogen) atoms. The fourth-order valence-corrected chi connectivity index (χ4v) is 3.04. The number of piperidine rings is 1. The highest BCUT2D eigenvalue weighted by Gasteiger charge is 2.17. The fourth-order valence-electron chi connectivity index (χ4n) is 2.47. The number of carbonyl (C=O) groups is 1. The Labute approximate surface area is 135 Å². The van der Waals surface area contributed by atoms with Crippen LogP contribution in [0.1, 0.15) is 18.4 Å². The molecular weight excluding hydrogens is 309 g/mol. The summed E-state index contributed by atoms with van der Waals surface area (Å²) in [7, 11) is 2.10. The Kier molecular flexibility index (Phi) is 6.15. The first-order valence-electron chi connectivity index (χ1n) is 7.21. The zero-order chi connectivity index (χ0) is 15.2. The van der Waals surface area contributed by atoms with E-state index < -0.39 is 0 Å². The van der Waals surface area contributed by atoms with Gasteiger partial charge in [0.05, 0.1) is 0 Å². The lowest BCUT2D eigenvalue weighted by molar-refractivity contribution is 0.214. The molecular formula is C15H21Cl2N3O. The Morgan fingerprint density at radius 2 is 1.86 bits per heavy atom. The van der Waals surface area contributed by atoms with Crippen LogP contribution in [0.4, 0.5) is 4.79 Å². The SMILES string of the molecule is CN1CCC(NC(=O)NCCc2cc(Cl)cc(Cl)c2)CC1. The molecule has 2 rings (SSSR count). The van der Waals surface area contributed by atoms with E-state index in [0.717, 1.165) is 31.5 Å². The first-order valence-corrected chi connectivity index (χ1v) is 7.96. The largest absolute Gasteiger partial charge is 0.338 e. The molecule has 6 heteroatoms. The lowest BCUT2D eigenvalue weighted by Crippen LogP contribution is -2.47. The third kappa shape index (κ3) is 5.73. The maximum atomic E-state index is 11.8. The molecule has 0 radical (unpaired) electrons. The summed E-state index contributed by atoms with van der Waals surface area (Å²) in [6.07, 6.45) is 2.72. The highest BCUT2D eigenvalue weighted by atomic mass is 35.5. The monoisotopic (exact) mass is 329 g/mol. The number of rotatable bonds is 4. The van der Waals surface area contributed by atoms with Crippen molar-refractivity contribution in [1.82, 2.24) is 15.5 Å². The maximum absolute atomic E-state index is 11.8. The molecule has 4 nitrogen and oxygen atoms in total. The Morgan fingerprint density at radius 1 is 1.24 bits per heavy atom. The second-order valence-corrected chi connectivity index (χ2v) is 6.38. The summed E-state index contributed by atoms with van der Waals surface area (Å²) in [5.74, 6) is 0. The van der Waals surface area contributed by atoms with Gasteiger partial charge >= 0.3 is 6.03 Å². The fraction of sp³-hybridized carbons (Fsp3) is 0.533. The van der Waals surface area contributed by atoms with Crippen LogP contribution in [0.3, 0.4) is 0 Å². The van der Waals surface area contributed by atoms with E-state index in [1.807, 2.05) is 12.1 Å². The number of benzene rings is 1. The Balaban J connectivity index is 1.69. The van der Waals surface area contributed by atoms with Crippen LogP contribution in [0.15, 0.2) is 18.2 Å². The van der Waals surface area contributed by atoms with Crippen molar-refractivity contribution in [2.24, 2.45) is 0 Å². The van der Waals surface area contributed by atoms with Crippen molar-refractivity contribution in [3.8, 4) is 0 Å². The van der Waals surface area contributed by atoms with Gasteiger partial charge in [-0.05, 0) is 63.2 Å². The van der Waals surface area contributed by atoms with Crippen molar-refractivity contribution in [3.05, 3.63) is 33.8 Å². The molecule has 1 heterocycles. The standard InChI is InChI=1S/C15H21Cl2N3O/c1-20-6-3-14(4-7-20)19-15(21)18-5-2-11-8-12(16)10-13(17)9-11/h8-10,14H,2-7H2,1H3,(H2,18,19,21). The second kappa shape index (κ2) is 7.87. The molecule has 1 aromatic carbocycles. The van der Waals surface area contributed by atoms with Crippen LogP contribution < -0.4 is 10.6 Å². The highest BCUT2D eigenvalue weighted by molar-refractivity contribution is 6.34. The molecule has 0 spiro atoms. The number of nitrogens with one attached hydrogen (secondary N) is 2. The average Bonchev–Trinajstić information content (AvgIpc) is 2.40. The summed E-state index contributed by atoms with van der Waals surface area (Å²) < 4.78 is 0. The van der Waals surface area contributed by atoms with Crippen molar-refractivity contribution >= 4 is 29.2 Å². The molecule has 116 valence electrons. The van der Waals surface area contributed by atoms with Gasteiger partial charge in [0, 0.05) is 22.6 Å². The summed E-state index contributed by atoms with van der Waals surface area (Å²) in [5.41, 5.74) is 1.02. The van der Waals surface area contributed by atoms with Gasteiger partial charge in [-0.3, -0.25) is 0 Å². The van der Waals surface area contributed by atoms with Gasteiger partial charge in [-0.25, -0.2) is 4.79 Å². The molecule has 0 saturated carbocycles. The Morgan fingerprint density at radius 3 is 2.48 bits per heavy atom. The Bertz CT molecular complexity index is 468. The minimum Gasteiger partial charge on any atom is -0.338 e. The quantitative estimate of drug-likeness (QED) is 0.892. The van der Waals surface area contributed by atoms with Crippen LogP contribution in [-0.4, -0.2) is 43.7 Å². The minimum absolute atomic E-state index is 0.0994.